The fourth-order valence-electron chi connectivity index (χ4n) is 2.10. The Morgan fingerprint density at radius 1 is 1.09 bits per heavy atom. The lowest BCUT2D eigenvalue weighted by Gasteiger charge is -2.15. The van der Waals surface area contributed by atoms with Crippen LogP contribution in [0.2, 0.25) is 0 Å². The lowest BCUT2D eigenvalue weighted by molar-refractivity contribution is -0.121. The first-order chi connectivity index (χ1) is 10.5. The molecule has 1 aromatic rings. The Hall–Kier alpha value is -1.71. The average Bonchev–Trinajstić information content (AvgIpc) is 2.50. The minimum Gasteiger partial charge on any atom is -0.497 e. The zero-order valence-corrected chi connectivity index (χ0v) is 14.2. The van der Waals surface area contributed by atoms with E-state index < -0.39 is 0 Å². The summed E-state index contributed by atoms with van der Waals surface area (Å²) in [7, 11) is 1.64. The zero-order chi connectivity index (χ0) is 16.4. The monoisotopic (exact) mass is 307 g/mol. The second kappa shape index (κ2) is 10.1. The molecule has 0 radical (unpaired) electrons. The molecule has 0 aliphatic carbocycles. The summed E-state index contributed by atoms with van der Waals surface area (Å²) in [5, 5.41) is 3.04. The van der Waals surface area contributed by atoms with E-state index in [1.807, 2.05) is 24.3 Å². The van der Waals surface area contributed by atoms with Crippen LogP contribution >= 0.6 is 0 Å². The van der Waals surface area contributed by atoms with E-state index in [1.54, 1.807) is 7.11 Å². The van der Waals surface area contributed by atoms with Gasteiger partial charge >= 0.3 is 0 Å². The van der Waals surface area contributed by atoms with Gasteiger partial charge in [-0.2, -0.15) is 0 Å². The first-order valence-electron chi connectivity index (χ1n) is 8.07. The fourth-order valence-corrected chi connectivity index (χ4v) is 2.10. The summed E-state index contributed by atoms with van der Waals surface area (Å²) in [6, 6.07) is 7.70. The highest BCUT2D eigenvalue weighted by molar-refractivity contribution is 5.76. The third-order valence-corrected chi connectivity index (χ3v) is 3.46. The molecule has 1 aromatic carbocycles. The Morgan fingerprint density at radius 3 is 2.32 bits per heavy atom. The number of carbonyl (C=O) groups is 1. The normalized spacial score (nSPS) is 12.0. The first kappa shape index (κ1) is 18.3. The van der Waals surface area contributed by atoms with Crippen molar-refractivity contribution in [3.8, 4) is 11.5 Å². The molecule has 0 aliphatic heterocycles. The molecule has 4 nitrogen and oxygen atoms in total. The van der Waals surface area contributed by atoms with Gasteiger partial charge in [-0.15, -0.1) is 0 Å². The molecule has 0 saturated heterocycles. The maximum Gasteiger partial charge on any atom is 0.220 e. The minimum absolute atomic E-state index is 0.106. The van der Waals surface area contributed by atoms with E-state index in [2.05, 4.69) is 26.1 Å². The summed E-state index contributed by atoms with van der Waals surface area (Å²) in [5.41, 5.74) is 0. The number of hydrogen-bond acceptors (Lipinski definition) is 3. The number of hydrogen-bond donors (Lipinski definition) is 1. The van der Waals surface area contributed by atoms with Crippen LogP contribution < -0.4 is 14.8 Å². The van der Waals surface area contributed by atoms with Crippen molar-refractivity contribution in [2.45, 2.75) is 52.5 Å². The number of benzene rings is 1. The highest BCUT2D eigenvalue weighted by Crippen LogP contribution is 2.17. The van der Waals surface area contributed by atoms with Crippen molar-refractivity contribution in [2.75, 3.05) is 13.7 Å². The van der Waals surface area contributed by atoms with Gasteiger partial charge in [0.05, 0.1) is 13.7 Å². The number of rotatable bonds is 10. The van der Waals surface area contributed by atoms with Crippen molar-refractivity contribution < 1.29 is 14.3 Å². The predicted octanol–water partition coefficient (Wildman–Crippen LogP) is 3.80. The van der Waals surface area contributed by atoms with Crippen LogP contribution in [0, 0.1) is 5.92 Å². The Kier molecular flexibility index (Phi) is 8.41. The molecule has 0 bridgehead atoms. The molecule has 1 N–H and O–H groups in total. The highest BCUT2D eigenvalue weighted by atomic mass is 16.5. The van der Waals surface area contributed by atoms with Crippen LogP contribution in [0.5, 0.6) is 11.5 Å². The van der Waals surface area contributed by atoms with Crippen molar-refractivity contribution >= 4 is 5.91 Å². The molecule has 124 valence electrons. The zero-order valence-electron chi connectivity index (χ0n) is 14.2. The Bertz CT molecular complexity index is 428. The van der Waals surface area contributed by atoms with E-state index in [-0.39, 0.29) is 11.9 Å². The molecular formula is C18H29NO3. The molecule has 1 amide bonds. The SMILES string of the molecule is COc1ccc(OCCCC(=O)NC(C)CCC(C)C)cc1. The van der Waals surface area contributed by atoms with E-state index in [9.17, 15) is 4.79 Å². The predicted molar refractivity (Wildman–Crippen MR) is 89.4 cm³/mol. The molecule has 1 atom stereocenters. The van der Waals surface area contributed by atoms with Gasteiger partial charge in [0.2, 0.25) is 5.91 Å². The number of methoxy groups -OCH3 is 1. The number of ether oxygens (including phenoxy) is 2. The van der Waals surface area contributed by atoms with Crippen LogP contribution in [0.1, 0.15) is 46.5 Å². The summed E-state index contributed by atoms with van der Waals surface area (Å²) in [5.74, 6) is 2.39. The van der Waals surface area contributed by atoms with Crippen molar-refractivity contribution in [3.05, 3.63) is 24.3 Å². The fraction of sp³-hybridized carbons (Fsp3) is 0.611. The lowest BCUT2D eigenvalue weighted by Crippen LogP contribution is -2.32. The minimum atomic E-state index is 0.106. The van der Waals surface area contributed by atoms with Crippen LogP contribution in [0.3, 0.4) is 0 Å². The molecule has 0 aliphatic rings. The molecular weight excluding hydrogens is 278 g/mol. The smallest absolute Gasteiger partial charge is 0.220 e. The molecule has 0 aromatic heterocycles. The van der Waals surface area contributed by atoms with Crippen LogP contribution in [0.25, 0.3) is 0 Å². The van der Waals surface area contributed by atoms with Gasteiger partial charge in [-0.3, -0.25) is 4.79 Å². The van der Waals surface area contributed by atoms with Crippen molar-refractivity contribution in [2.24, 2.45) is 5.92 Å². The number of carbonyl (C=O) groups excluding carboxylic acids is 1. The van der Waals surface area contributed by atoms with Crippen molar-refractivity contribution in [1.29, 1.82) is 0 Å². The molecule has 0 saturated carbocycles. The summed E-state index contributed by atoms with van der Waals surface area (Å²) < 4.78 is 10.7. The largest absolute Gasteiger partial charge is 0.497 e. The van der Waals surface area contributed by atoms with Gasteiger partial charge in [0.1, 0.15) is 11.5 Å². The third kappa shape index (κ3) is 7.91. The second-order valence-electron chi connectivity index (χ2n) is 6.07. The van der Waals surface area contributed by atoms with Gasteiger partial charge < -0.3 is 14.8 Å². The van der Waals surface area contributed by atoms with Gasteiger partial charge in [0.25, 0.3) is 0 Å². The van der Waals surface area contributed by atoms with E-state index >= 15 is 0 Å². The van der Waals surface area contributed by atoms with Crippen molar-refractivity contribution in [1.82, 2.24) is 5.32 Å². The third-order valence-electron chi connectivity index (χ3n) is 3.46. The summed E-state index contributed by atoms with van der Waals surface area (Å²) in [6.45, 7) is 7.00. The van der Waals surface area contributed by atoms with Gasteiger partial charge in [-0.05, 0) is 56.4 Å². The van der Waals surface area contributed by atoms with Crippen molar-refractivity contribution in [3.63, 3.8) is 0 Å². The van der Waals surface area contributed by atoms with Crippen LogP contribution in [0.15, 0.2) is 24.3 Å². The molecule has 0 fully saturated rings. The molecule has 0 spiro atoms. The number of nitrogens with one attached hydrogen (secondary N) is 1. The summed E-state index contributed by atoms with van der Waals surface area (Å²) >= 11 is 0. The van der Waals surface area contributed by atoms with Crippen LogP contribution in [-0.2, 0) is 4.79 Å². The molecule has 1 rings (SSSR count). The Morgan fingerprint density at radius 2 is 1.73 bits per heavy atom. The first-order valence-corrected chi connectivity index (χ1v) is 8.07. The van der Waals surface area contributed by atoms with Crippen LogP contribution in [0.4, 0.5) is 0 Å². The second-order valence-corrected chi connectivity index (χ2v) is 6.07. The van der Waals surface area contributed by atoms with Gasteiger partial charge in [-0.25, -0.2) is 0 Å². The van der Waals surface area contributed by atoms with E-state index in [1.165, 1.54) is 0 Å². The maximum atomic E-state index is 11.8. The molecule has 4 heteroatoms. The molecule has 22 heavy (non-hydrogen) atoms. The van der Waals surface area contributed by atoms with Gasteiger partial charge in [0, 0.05) is 12.5 Å². The average molecular weight is 307 g/mol. The van der Waals surface area contributed by atoms with Gasteiger partial charge in [0.15, 0.2) is 0 Å². The molecule has 0 heterocycles. The Balaban J connectivity index is 2.13. The standard InChI is InChI=1S/C18H29NO3/c1-14(2)7-8-15(3)19-18(20)6-5-13-22-17-11-9-16(21-4)10-12-17/h9-12,14-15H,5-8,13H2,1-4H3,(H,19,20). The quantitative estimate of drug-likeness (QED) is 0.669. The highest BCUT2D eigenvalue weighted by Gasteiger charge is 2.08. The summed E-state index contributed by atoms with van der Waals surface area (Å²) in [4.78, 5) is 11.8. The van der Waals surface area contributed by atoms with E-state index in [0.717, 1.165) is 30.8 Å². The van der Waals surface area contributed by atoms with E-state index in [0.29, 0.717) is 18.9 Å². The topological polar surface area (TPSA) is 47.6 Å². The maximum absolute atomic E-state index is 11.8. The van der Waals surface area contributed by atoms with Crippen LogP contribution in [-0.4, -0.2) is 25.7 Å². The van der Waals surface area contributed by atoms with Gasteiger partial charge in [-0.1, -0.05) is 13.8 Å². The lowest BCUT2D eigenvalue weighted by atomic mass is 10.0. The Labute approximate surface area is 134 Å². The number of amides is 1. The summed E-state index contributed by atoms with van der Waals surface area (Å²) in [6.07, 6.45) is 3.39. The molecule has 1 unspecified atom stereocenters. The van der Waals surface area contributed by atoms with E-state index in [4.69, 9.17) is 9.47 Å².